The molecule has 0 aliphatic heterocycles. The van der Waals surface area contributed by atoms with Gasteiger partial charge in [0.2, 0.25) is 0 Å². The Morgan fingerprint density at radius 2 is 2.00 bits per heavy atom. The number of aromatic amines is 1. The lowest BCUT2D eigenvalue weighted by Crippen LogP contribution is -1.94. The van der Waals surface area contributed by atoms with Gasteiger partial charge in [-0.2, -0.15) is 0 Å². The van der Waals surface area contributed by atoms with Crippen LogP contribution in [0.3, 0.4) is 0 Å². The highest BCUT2D eigenvalue weighted by Crippen LogP contribution is 2.27. The number of carbonyl (C=O) groups excluding carboxylic acids is 1. The molecular weight excluding hydrogens is 198 g/mol. The Labute approximate surface area is 93.6 Å². The molecular formula is C14H11NO. The zero-order chi connectivity index (χ0) is 11.0. The van der Waals surface area contributed by atoms with Crippen LogP contribution < -0.4 is 0 Å². The van der Waals surface area contributed by atoms with Crippen LogP contribution in [0.1, 0.15) is 21.6 Å². The minimum Gasteiger partial charge on any atom is -0.362 e. The number of Topliss-reactive ketones (excluding diaryl/α,β-unsaturated/α-hetero) is 1. The van der Waals surface area contributed by atoms with Crippen LogP contribution in [0, 0.1) is 0 Å². The van der Waals surface area contributed by atoms with Crippen molar-refractivity contribution in [2.75, 3.05) is 0 Å². The highest BCUT2D eigenvalue weighted by molar-refractivity contribution is 6.15. The standard InChI is InChI=1S/C14H11NO/c16-14-11(9-12-5-3-7-15-12)8-10-4-1-2-6-13(10)14/h1-7,9,15H,8H2/b11-9-. The van der Waals surface area contributed by atoms with Crippen molar-refractivity contribution in [3.63, 3.8) is 0 Å². The van der Waals surface area contributed by atoms with Crippen molar-refractivity contribution in [1.29, 1.82) is 0 Å². The summed E-state index contributed by atoms with van der Waals surface area (Å²) in [6.07, 6.45) is 4.54. The number of ketones is 1. The largest absolute Gasteiger partial charge is 0.362 e. The van der Waals surface area contributed by atoms with E-state index in [1.807, 2.05) is 48.7 Å². The second kappa shape index (κ2) is 3.49. The van der Waals surface area contributed by atoms with Crippen molar-refractivity contribution in [1.82, 2.24) is 4.98 Å². The van der Waals surface area contributed by atoms with E-state index in [2.05, 4.69) is 4.98 Å². The van der Waals surface area contributed by atoms with Gasteiger partial charge in [-0.05, 0) is 23.8 Å². The fourth-order valence-corrected chi connectivity index (χ4v) is 2.09. The van der Waals surface area contributed by atoms with Gasteiger partial charge in [0.15, 0.2) is 5.78 Å². The van der Waals surface area contributed by atoms with Gasteiger partial charge in [-0.3, -0.25) is 4.79 Å². The van der Waals surface area contributed by atoms with E-state index in [9.17, 15) is 4.79 Å². The van der Waals surface area contributed by atoms with Crippen molar-refractivity contribution in [2.45, 2.75) is 6.42 Å². The Balaban J connectivity index is 2.02. The average Bonchev–Trinajstić information content (AvgIpc) is 2.90. The molecule has 0 fully saturated rings. The first-order chi connectivity index (χ1) is 7.84. The number of benzene rings is 1. The van der Waals surface area contributed by atoms with Gasteiger partial charge in [0, 0.05) is 29.4 Å². The van der Waals surface area contributed by atoms with Gasteiger partial charge in [0.05, 0.1) is 0 Å². The van der Waals surface area contributed by atoms with Crippen LogP contribution in [0.5, 0.6) is 0 Å². The molecule has 16 heavy (non-hydrogen) atoms. The molecule has 1 aromatic heterocycles. The quantitative estimate of drug-likeness (QED) is 0.720. The van der Waals surface area contributed by atoms with E-state index >= 15 is 0 Å². The molecule has 0 unspecified atom stereocenters. The average molecular weight is 209 g/mol. The summed E-state index contributed by atoms with van der Waals surface area (Å²) in [6.45, 7) is 0. The SMILES string of the molecule is O=C1/C(=C\c2ccc[nH]2)Cc2ccccc21. The molecule has 1 N–H and O–H groups in total. The van der Waals surface area contributed by atoms with E-state index in [0.717, 1.165) is 28.8 Å². The molecule has 0 saturated heterocycles. The summed E-state index contributed by atoms with van der Waals surface area (Å²) >= 11 is 0. The topological polar surface area (TPSA) is 32.9 Å². The lowest BCUT2D eigenvalue weighted by atomic mass is 10.1. The van der Waals surface area contributed by atoms with E-state index in [-0.39, 0.29) is 5.78 Å². The summed E-state index contributed by atoms with van der Waals surface area (Å²) in [6, 6.07) is 11.7. The van der Waals surface area contributed by atoms with Crippen molar-refractivity contribution in [3.8, 4) is 0 Å². The maximum absolute atomic E-state index is 12.0. The van der Waals surface area contributed by atoms with Gasteiger partial charge >= 0.3 is 0 Å². The summed E-state index contributed by atoms with van der Waals surface area (Å²) < 4.78 is 0. The van der Waals surface area contributed by atoms with Crippen LogP contribution in [0.25, 0.3) is 6.08 Å². The molecule has 0 atom stereocenters. The molecule has 0 bridgehead atoms. The molecule has 2 heteroatoms. The van der Waals surface area contributed by atoms with Crippen LogP contribution in [0.15, 0.2) is 48.2 Å². The Kier molecular flexibility index (Phi) is 2.00. The summed E-state index contributed by atoms with van der Waals surface area (Å²) in [4.78, 5) is 15.1. The minimum absolute atomic E-state index is 0.158. The summed E-state index contributed by atoms with van der Waals surface area (Å²) in [7, 11) is 0. The molecule has 2 aromatic rings. The van der Waals surface area contributed by atoms with Crippen molar-refractivity contribution in [2.24, 2.45) is 0 Å². The zero-order valence-corrected chi connectivity index (χ0v) is 8.73. The van der Waals surface area contributed by atoms with Gasteiger partial charge in [0.25, 0.3) is 0 Å². The maximum atomic E-state index is 12.0. The third kappa shape index (κ3) is 1.39. The van der Waals surface area contributed by atoms with E-state index in [4.69, 9.17) is 0 Å². The molecule has 1 aliphatic rings. The first kappa shape index (κ1) is 9.16. The highest BCUT2D eigenvalue weighted by atomic mass is 16.1. The van der Waals surface area contributed by atoms with Gasteiger partial charge in [-0.15, -0.1) is 0 Å². The minimum atomic E-state index is 0.158. The second-order valence-corrected chi connectivity index (χ2v) is 3.96. The van der Waals surface area contributed by atoms with Gasteiger partial charge in [-0.1, -0.05) is 24.3 Å². The zero-order valence-electron chi connectivity index (χ0n) is 8.73. The van der Waals surface area contributed by atoms with Crippen LogP contribution >= 0.6 is 0 Å². The predicted molar refractivity (Wildman–Crippen MR) is 63.2 cm³/mol. The smallest absolute Gasteiger partial charge is 0.189 e. The first-order valence-electron chi connectivity index (χ1n) is 5.31. The third-order valence-corrected chi connectivity index (χ3v) is 2.89. The summed E-state index contributed by atoms with van der Waals surface area (Å²) in [5.74, 6) is 0.158. The second-order valence-electron chi connectivity index (χ2n) is 3.96. The number of nitrogens with one attached hydrogen (secondary N) is 1. The number of rotatable bonds is 1. The number of carbonyl (C=O) groups is 1. The molecule has 1 aromatic carbocycles. The molecule has 0 amide bonds. The van der Waals surface area contributed by atoms with Crippen LogP contribution in [-0.4, -0.2) is 10.8 Å². The van der Waals surface area contributed by atoms with Gasteiger partial charge in [-0.25, -0.2) is 0 Å². The fraction of sp³-hybridized carbons (Fsp3) is 0.0714. The van der Waals surface area contributed by atoms with Crippen molar-refractivity contribution in [3.05, 3.63) is 65.0 Å². The van der Waals surface area contributed by atoms with Crippen LogP contribution in [0.2, 0.25) is 0 Å². The lowest BCUT2D eigenvalue weighted by Gasteiger charge is -1.92. The van der Waals surface area contributed by atoms with Gasteiger partial charge < -0.3 is 4.98 Å². The number of allylic oxidation sites excluding steroid dienone is 1. The van der Waals surface area contributed by atoms with Crippen molar-refractivity contribution >= 4 is 11.9 Å². The summed E-state index contributed by atoms with van der Waals surface area (Å²) in [5, 5.41) is 0. The van der Waals surface area contributed by atoms with Crippen LogP contribution in [0.4, 0.5) is 0 Å². The molecule has 0 saturated carbocycles. The van der Waals surface area contributed by atoms with Crippen molar-refractivity contribution < 1.29 is 4.79 Å². The normalized spacial score (nSPS) is 16.8. The van der Waals surface area contributed by atoms with E-state index < -0.39 is 0 Å². The Morgan fingerprint density at radius 1 is 1.12 bits per heavy atom. The number of hydrogen-bond acceptors (Lipinski definition) is 1. The molecule has 0 radical (unpaired) electrons. The Morgan fingerprint density at radius 3 is 2.75 bits per heavy atom. The van der Waals surface area contributed by atoms with E-state index in [0.29, 0.717) is 0 Å². The highest BCUT2D eigenvalue weighted by Gasteiger charge is 2.23. The molecule has 3 rings (SSSR count). The number of fused-ring (bicyclic) bond motifs is 1. The Bertz CT molecular complexity index is 564. The lowest BCUT2D eigenvalue weighted by molar-refractivity contribution is 0.104. The molecule has 1 heterocycles. The molecule has 78 valence electrons. The van der Waals surface area contributed by atoms with Gasteiger partial charge in [0.1, 0.15) is 0 Å². The third-order valence-electron chi connectivity index (χ3n) is 2.89. The summed E-state index contributed by atoms with van der Waals surface area (Å²) in [5.41, 5.74) is 3.82. The number of hydrogen-bond donors (Lipinski definition) is 1. The van der Waals surface area contributed by atoms with E-state index in [1.165, 1.54) is 0 Å². The Hall–Kier alpha value is -2.09. The molecule has 2 nitrogen and oxygen atoms in total. The number of H-pyrrole nitrogens is 1. The maximum Gasteiger partial charge on any atom is 0.189 e. The monoisotopic (exact) mass is 209 g/mol. The fourth-order valence-electron chi connectivity index (χ4n) is 2.09. The van der Waals surface area contributed by atoms with Crippen LogP contribution in [-0.2, 0) is 6.42 Å². The molecule has 0 spiro atoms. The number of aromatic nitrogens is 1. The first-order valence-corrected chi connectivity index (χ1v) is 5.31. The predicted octanol–water partition coefficient (Wildman–Crippen LogP) is 2.84. The molecule has 1 aliphatic carbocycles. The van der Waals surface area contributed by atoms with E-state index in [1.54, 1.807) is 0 Å².